The molecule has 0 spiro atoms. The molecular formula is C24H28ClN5O4. The first-order valence-electron chi connectivity index (χ1n) is 11.5. The smallest absolute Gasteiger partial charge is 0.268 e. The Morgan fingerprint density at radius 1 is 1.24 bits per heavy atom. The van der Waals surface area contributed by atoms with E-state index in [0.717, 1.165) is 19.3 Å². The third-order valence-electron chi connectivity index (χ3n) is 6.41. The number of hydrogen-bond donors (Lipinski definition) is 4. The highest BCUT2D eigenvalue weighted by molar-refractivity contribution is 6.31. The van der Waals surface area contributed by atoms with Gasteiger partial charge in [0.25, 0.3) is 5.91 Å². The second-order valence-electron chi connectivity index (χ2n) is 9.01. The van der Waals surface area contributed by atoms with Gasteiger partial charge in [-0.25, -0.2) is 0 Å². The van der Waals surface area contributed by atoms with Crippen molar-refractivity contribution in [3.05, 3.63) is 28.9 Å². The highest BCUT2D eigenvalue weighted by Gasteiger charge is 2.33. The molecule has 1 saturated heterocycles. The Morgan fingerprint density at radius 3 is 2.71 bits per heavy atom. The number of nitrogens with zero attached hydrogens (tertiary/aromatic N) is 1. The van der Waals surface area contributed by atoms with Crippen molar-refractivity contribution >= 4 is 40.2 Å². The summed E-state index contributed by atoms with van der Waals surface area (Å²) in [6.07, 6.45) is 4.30. The number of methoxy groups -OCH3 is 1. The molecule has 4 N–H and O–H groups in total. The van der Waals surface area contributed by atoms with Crippen LogP contribution >= 0.6 is 11.6 Å². The number of amides is 3. The number of aromatic nitrogens is 1. The molecule has 2 aromatic rings. The summed E-state index contributed by atoms with van der Waals surface area (Å²) in [4.78, 5) is 41.2. The maximum Gasteiger partial charge on any atom is 0.268 e. The number of carbonyl (C=O) groups is 3. The molecule has 4 rings (SSSR count). The maximum atomic E-state index is 13.1. The second-order valence-corrected chi connectivity index (χ2v) is 9.45. The van der Waals surface area contributed by atoms with Gasteiger partial charge in [0.1, 0.15) is 23.5 Å². The largest absolute Gasteiger partial charge is 0.496 e. The average molecular weight is 486 g/mol. The number of ether oxygens (including phenoxy) is 1. The molecule has 1 saturated carbocycles. The minimum Gasteiger partial charge on any atom is -0.496 e. The molecule has 2 heterocycles. The minimum atomic E-state index is -0.806. The summed E-state index contributed by atoms with van der Waals surface area (Å²) in [5, 5.41) is 19.1. The molecule has 34 heavy (non-hydrogen) atoms. The van der Waals surface area contributed by atoms with Crippen LogP contribution in [0.5, 0.6) is 5.75 Å². The van der Waals surface area contributed by atoms with Crippen LogP contribution in [0.4, 0.5) is 0 Å². The zero-order valence-electron chi connectivity index (χ0n) is 18.9. The van der Waals surface area contributed by atoms with Crippen molar-refractivity contribution in [2.24, 2.45) is 11.8 Å². The molecule has 1 aromatic heterocycles. The molecule has 1 aromatic carbocycles. The molecule has 2 aliphatic rings. The molecule has 0 unspecified atom stereocenters. The van der Waals surface area contributed by atoms with Gasteiger partial charge in [-0.15, -0.1) is 0 Å². The minimum absolute atomic E-state index is 0.0853. The van der Waals surface area contributed by atoms with E-state index in [2.05, 4.69) is 27.0 Å². The number of nitrogens with one attached hydrogen (secondary N) is 4. The van der Waals surface area contributed by atoms with Crippen molar-refractivity contribution in [3.8, 4) is 11.8 Å². The van der Waals surface area contributed by atoms with Gasteiger partial charge in [0.05, 0.1) is 18.7 Å². The van der Waals surface area contributed by atoms with Crippen LogP contribution in [0.2, 0.25) is 5.02 Å². The summed E-state index contributed by atoms with van der Waals surface area (Å²) < 4.78 is 5.35. The van der Waals surface area contributed by atoms with E-state index < -0.39 is 23.9 Å². The van der Waals surface area contributed by atoms with E-state index in [9.17, 15) is 19.6 Å². The van der Waals surface area contributed by atoms with E-state index in [1.807, 2.05) is 0 Å². The zero-order valence-corrected chi connectivity index (χ0v) is 19.7. The Bertz CT molecular complexity index is 1140. The number of fused-ring (bicyclic) bond motifs is 1. The Hall–Kier alpha value is -3.25. The van der Waals surface area contributed by atoms with Crippen LogP contribution in [-0.4, -0.2) is 48.4 Å². The number of nitriles is 1. The molecule has 2 fully saturated rings. The summed E-state index contributed by atoms with van der Waals surface area (Å²) in [6, 6.07) is 5.52. The van der Waals surface area contributed by atoms with Crippen LogP contribution in [0.15, 0.2) is 18.2 Å². The first-order chi connectivity index (χ1) is 16.4. The normalized spacial score (nSPS) is 19.6. The SMILES string of the molecule is COc1cc(Cl)cc2[nH]c(C(=O)N[C@@H](CC3CC3)C(=O)N[C@H](C#N)C[C@@H]3CCCNC3=O)cc12. The first kappa shape index (κ1) is 23.9. The van der Waals surface area contributed by atoms with Crippen molar-refractivity contribution in [1.29, 1.82) is 5.26 Å². The van der Waals surface area contributed by atoms with E-state index in [0.29, 0.717) is 47.0 Å². The average Bonchev–Trinajstić information content (AvgIpc) is 3.54. The van der Waals surface area contributed by atoms with Gasteiger partial charge in [-0.1, -0.05) is 24.4 Å². The molecule has 3 amide bonds. The highest BCUT2D eigenvalue weighted by atomic mass is 35.5. The van der Waals surface area contributed by atoms with Crippen LogP contribution in [-0.2, 0) is 9.59 Å². The molecule has 0 bridgehead atoms. The molecule has 3 atom stereocenters. The van der Waals surface area contributed by atoms with E-state index >= 15 is 0 Å². The summed E-state index contributed by atoms with van der Waals surface area (Å²) in [6.45, 7) is 0.639. The van der Waals surface area contributed by atoms with Crippen LogP contribution in [0.25, 0.3) is 10.9 Å². The van der Waals surface area contributed by atoms with Crippen molar-refractivity contribution < 1.29 is 19.1 Å². The van der Waals surface area contributed by atoms with Gasteiger partial charge < -0.3 is 25.7 Å². The fourth-order valence-corrected chi connectivity index (χ4v) is 4.59. The summed E-state index contributed by atoms with van der Waals surface area (Å²) in [5.41, 5.74) is 0.924. The van der Waals surface area contributed by atoms with Crippen LogP contribution < -0.4 is 20.7 Å². The lowest BCUT2D eigenvalue weighted by Crippen LogP contribution is -2.50. The monoisotopic (exact) mass is 485 g/mol. The predicted octanol–water partition coefficient (Wildman–Crippen LogP) is 2.65. The fraction of sp³-hybridized carbons (Fsp3) is 0.500. The number of piperidine rings is 1. The van der Waals surface area contributed by atoms with Crippen molar-refractivity contribution in [3.63, 3.8) is 0 Å². The lowest BCUT2D eigenvalue weighted by Gasteiger charge is -2.25. The number of hydrogen-bond acceptors (Lipinski definition) is 5. The molecule has 1 aliphatic carbocycles. The fourth-order valence-electron chi connectivity index (χ4n) is 4.38. The van der Waals surface area contributed by atoms with Crippen LogP contribution in [0.1, 0.15) is 49.0 Å². The highest BCUT2D eigenvalue weighted by Crippen LogP contribution is 2.34. The maximum absolute atomic E-state index is 13.1. The number of rotatable bonds is 9. The number of aromatic amines is 1. The molecule has 1 aliphatic heterocycles. The lowest BCUT2D eigenvalue weighted by atomic mass is 9.92. The van der Waals surface area contributed by atoms with Gasteiger partial charge in [-0.3, -0.25) is 14.4 Å². The number of halogens is 1. The van der Waals surface area contributed by atoms with Crippen molar-refractivity contribution in [2.75, 3.05) is 13.7 Å². The zero-order chi connectivity index (χ0) is 24.2. The standard InChI is InChI=1S/C24H28ClN5O4/c1-34-21-10-15(25)9-18-17(21)11-20(29-18)24(33)30-19(7-13-4-5-13)23(32)28-16(12-26)8-14-3-2-6-27-22(14)31/h9-11,13-14,16,19,29H,2-8H2,1H3,(H,27,31)(H,28,32)(H,30,33)/t14-,16-,19-/m0/s1. The van der Waals surface area contributed by atoms with Crippen molar-refractivity contribution in [1.82, 2.24) is 20.9 Å². The Morgan fingerprint density at radius 2 is 2.03 bits per heavy atom. The third-order valence-corrected chi connectivity index (χ3v) is 6.63. The number of carbonyl (C=O) groups excluding carboxylic acids is 3. The Kier molecular flexibility index (Phi) is 7.27. The van der Waals surface area contributed by atoms with Gasteiger partial charge in [0.15, 0.2) is 0 Å². The Labute approximate surface area is 202 Å². The molecule has 9 nitrogen and oxygen atoms in total. The molecule has 10 heteroatoms. The van der Waals surface area contributed by atoms with E-state index in [1.54, 1.807) is 18.2 Å². The van der Waals surface area contributed by atoms with Crippen molar-refractivity contribution in [2.45, 2.75) is 50.6 Å². The summed E-state index contributed by atoms with van der Waals surface area (Å²) >= 11 is 6.12. The first-order valence-corrected chi connectivity index (χ1v) is 11.9. The molecule has 0 radical (unpaired) electrons. The van der Waals surface area contributed by atoms with Gasteiger partial charge in [0.2, 0.25) is 11.8 Å². The topological polar surface area (TPSA) is 136 Å². The predicted molar refractivity (Wildman–Crippen MR) is 126 cm³/mol. The molecule has 180 valence electrons. The quantitative estimate of drug-likeness (QED) is 0.433. The van der Waals surface area contributed by atoms with Crippen LogP contribution in [0.3, 0.4) is 0 Å². The second kappa shape index (κ2) is 10.3. The summed E-state index contributed by atoms with van der Waals surface area (Å²) in [7, 11) is 1.52. The van der Waals surface area contributed by atoms with Crippen LogP contribution in [0, 0.1) is 23.2 Å². The van der Waals surface area contributed by atoms with Gasteiger partial charge in [0, 0.05) is 22.9 Å². The lowest BCUT2D eigenvalue weighted by molar-refractivity contribution is -0.128. The van der Waals surface area contributed by atoms with Gasteiger partial charge in [-0.05, 0) is 49.8 Å². The van der Waals surface area contributed by atoms with Gasteiger partial charge in [-0.2, -0.15) is 5.26 Å². The van der Waals surface area contributed by atoms with Gasteiger partial charge >= 0.3 is 0 Å². The number of benzene rings is 1. The van der Waals surface area contributed by atoms with E-state index in [4.69, 9.17) is 16.3 Å². The summed E-state index contributed by atoms with van der Waals surface area (Å²) in [5.74, 6) is -0.340. The Balaban J connectivity index is 1.45. The van der Waals surface area contributed by atoms with E-state index in [-0.39, 0.29) is 23.9 Å². The molecular weight excluding hydrogens is 458 g/mol. The van der Waals surface area contributed by atoms with E-state index in [1.165, 1.54) is 7.11 Å². The third kappa shape index (κ3) is 5.62. The number of H-pyrrole nitrogens is 1.